The fourth-order valence-electron chi connectivity index (χ4n) is 4.43. The molecule has 1 aromatic carbocycles. The Hall–Kier alpha value is -3.99. The van der Waals surface area contributed by atoms with Crippen molar-refractivity contribution in [3.63, 3.8) is 0 Å². The van der Waals surface area contributed by atoms with Crippen LogP contribution in [0.3, 0.4) is 0 Å². The van der Waals surface area contributed by atoms with Crippen molar-refractivity contribution in [2.75, 3.05) is 4.90 Å². The van der Waals surface area contributed by atoms with Gasteiger partial charge in [0, 0.05) is 42.2 Å². The number of allylic oxidation sites excluding steroid dienone is 3. The number of nitrogens with zero attached hydrogens (tertiary/aromatic N) is 4. The van der Waals surface area contributed by atoms with Crippen LogP contribution in [0.1, 0.15) is 38.2 Å². The highest BCUT2D eigenvalue weighted by molar-refractivity contribution is 6.01. The van der Waals surface area contributed by atoms with E-state index in [1.54, 1.807) is 35.5 Å². The molecule has 0 radical (unpaired) electrons. The minimum Gasteiger partial charge on any atom is -0.384 e. The Morgan fingerprint density at radius 2 is 2.06 bits per heavy atom. The Balaban J connectivity index is 2.00. The van der Waals surface area contributed by atoms with Gasteiger partial charge >= 0.3 is 0 Å². The first-order valence-corrected chi connectivity index (χ1v) is 9.84. The Morgan fingerprint density at radius 1 is 1.29 bits per heavy atom. The van der Waals surface area contributed by atoms with Crippen molar-refractivity contribution in [2.45, 2.75) is 32.6 Å². The largest absolute Gasteiger partial charge is 0.384 e. The van der Waals surface area contributed by atoms with Crippen molar-refractivity contribution < 1.29 is 9.72 Å². The van der Waals surface area contributed by atoms with Crippen molar-refractivity contribution in [3.8, 4) is 6.07 Å². The first-order valence-electron chi connectivity index (χ1n) is 9.84. The van der Waals surface area contributed by atoms with E-state index in [4.69, 9.17) is 5.73 Å². The van der Waals surface area contributed by atoms with Gasteiger partial charge in [-0.2, -0.15) is 5.26 Å². The molecule has 0 saturated heterocycles. The topological polar surface area (TPSA) is 126 Å². The number of pyridine rings is 1. The van der Waals surface area contributed by atoms with E-state index in [1.165, 1.54) is 12.1 Å². The summed E-state index contributed by atoms with van der Waals surface area (Å²) in [5.41, 5.74) is 8.65. The summed E-state index contributed by atoms with van der Waals surface area (Å²) in [7, 11) is 0. The minimum atomic E-state index is -0.618. The lowest BCUT2D eigenvalue weighted by Gasteiger charge is -2.43. The second-order valence-corrected chi connectivity index (χ2v) is 8.54. The smallest absolute Gasteiger partial charge is 0.271 e. The summed E-state index contributed by atoms with van der Waals surface area (Å²) in [6, 6.07) is 11.8. The minimum absolute atomic E-state index is 0.0595. The third-order valence-electron chi connectivity index (χ3n) is 5.70. The predicted molar refractivity (Wildman–Crippen MR) is 114 cm³/mol. The molecular formula is C23H21N5O3. The number of hydrogen-bond acceptors (Lipinski definition) is 7. The molecule has 2 heterocycles. The summed E-state index contributed by atoms with van der Waals surface area (Å²) in [4.78, 5) is 30.0. The number of hydrogen-bond donors (Lipinski definition) is 1. The van der Waals surface area contributed by atoms with Gasteiger partial charge in [-0.05, 0) is 29.5 Å². The zero-order valence-corrected chi connectivity index (χ0v) is 17.2. The van der Waals surface area contributed by atoms with Crippen molar-refractivity contribution in [1.29, 1.82) is 5.26 Å². The lowest BCUT2D eigenvalue weighted by atomic mass is 9.68. The van der Waals surface area contributed by atoms with Gasteiger partial charge < -0.3 is 5.73 Å². The van der Waals surface area contributed by atoms with Crippen LogP contribution in [-0.4, -0.2) is 15.7 Å². The third kappa shape index (κ3) is 3.44. The lowest BCUT2D eigenvalue weighted by molar-refractivity contribution is -0.384. The number of nitriles is 1. The average Bonchev–Trinajstić information content (AvgIpc) is 2.72. The van der Waals surface area contributed by atoms with E-state index in [-0.39, 0.29) is 28.3 Å². The Morgan fingerprint density at radius 3 is 2.71 bits per heavy atom. The molecule has 0 fully saturated rings. The molecule has 1 aromatic heterocycles. The Bertz CT molecular complexity index is 1190. The molecule has 2 N–H and O–H groups in total. The molecule has 156 valence electrons. The van der Waals surface area contributed by atoms with Crippen LogP contribution in [0.25, 0.3) is 0 Å². The fourth-order valence-corrected chi connectivity index (χ4v) is 4.43. The second-order valence-electron chi connectivity index (χ2n) is 8.54. The molecule has 1 atom stereocenters. The number of benzene rings is 1. The number of nitro groups is 1. The van der Waals surface area contributed by atoms with Gasteiger partial charge in [-0.3, -0.25) is 24.8 Å². The quantitative estimate of drug-likeness (QED) is 0.594. The monoisotopic (exact) mass is 415 g/mol. The molecule has 0 amide bonds. The number of rotatable bonds is 3. The number of nitro benzene ring substituents is 1. The number of ketones is 1. The first kappa shape index (κ1) is 20.3. The van der Waals surface area contributed by atoms with Crippen molar-refractivity contribution >= 4 is 17.2 Å². The molecule has 4 rings (SSSR count). The average molecular weight is 415 g/mol. The number of anilines is 1. The van der Waals surface area contributed by atoms with Crippen LogP contribution in [0.5, 0.6) is 0 Å². The molecule has 0 saturated carbocycles. The molecule has 0 unspecified atom stereocenters. The van der Waals surface area contributed by atoms with Crippen LogP contribution < -0.4 is 10.6 Å². The highest BCUT2D eigenvalue weighted by Crippen LogP contribution is 2.50. The van der Waals surface area contributed by atoms with E-state index in [0.717, 1.165) is 0 Å². The maximum Gasteiger partial charge on any atom is 0.271 e. The summed E-state index contributed by atoms with van der Waals surface area (Å²) in [5.74, 6) is -0.510. The molecule has 1 aliphatic heterocycles. The number of non-ortho nitro benzene ring substituents is 1. The van der Waals surface area contributed by atoms with E-state index < -0.39 is 10.8 Å². The predicted octanol–water partition coefficient (Wildman–Crippen LogP) is 3.93. The van der Waals surface area contributed by atoms with Gasteiger partial charge in [0.15, 0.2) is 5.78 Å². The highest BCUT2D eigenvalue weighted by Gasteiger charge is 2.44. The molecule has 8 nitrogen and oxygen atoms in total. The van der Waals surface area contributed by atoms with E-state index in [9.17, 15) is 20.2 Å². The third-order valence-corrected chi connectivity index (χ3v) is 5.70. The SMILES string of the molecule is CC1(C)CC(=O)C2=C(C1)N(c1cccc([N+](=O)[O-])c1)C(N)=C(C#N)[C@H]2c1cccnc1. The molecule has 1 aliphatic carbocycles. The lowest BCUT2D eigenvalue weighted by Crippen LogP contribution is -2.42. The van der Waals surface area contributed by atoms with Gasteiger partial charge in [-0.15, -0.1) is 0 Å². The highest BCUT2D eigenvalue weighted by atomic mass is 16.6. The van der Waals surface area contributed by atoms with Crippen molar-refractivity contribution in [1.82, 2.24) is 4.98 Å². The van der Waals surface area contributed by atoms with E-state index in [0.29, 0.717) is 35.4 Å². The number of nitrogens with two attached hydrogens (primary N) is 1. The normalized spacial score (nSPS) is 20.4. The maximum absolute atomic E-state index is 13.4. The van der Waals surface area contributed by atoms with Gasteiger partial charge in [0.1, 0.15) is 5.82 Å². The zero-order valence-electron chi connectivity index (χ0n) is 17.2. The van der Waals surface area contributed by atoms with Crippen LogP contribution in [0.15, 0.2) is 71.5 Å². The van der Waals surface area contributed by atoms with Gasteiger partial charge in [0.2, 0.25) is 0 Å². The molecule has 31 heavy (non-hydrogen) atoms. The molecule has 0 spiro atoms. The molecule has 2 aromatic rings. The maximum atomic E-state index is 13.4. The van der Waals surface area contributed by atoms with Crippen LogP contribution in [0.4, 0.5) is 11.4 Å². The number of Topliss-reactive ketones (excluding diaryl/α,β-unsaturated/α-hetero) is 1. The standard InChI is InChI=1S/C23H21N5O3/c1-23(2)10-18-21(19(29)11-23)20(14-5-4-8-26-13-14)17(12-24)22(25)27(18)15-6-3-7-16(9-15)28(30)31/h3-9,13,20H,10-11,25H2,1-2H3/t20-/m1/s1. The number of carbonyl (C=O) groups excluding carboxylic acids is 1. The van der Waals surface area contributed by atoms with Gasteiger partial charge in [0.05, 0.1) is 28.2 Å². The van der Waals surface area contributed by atoms with Gasteiger partial charge in [0.25, 0.3) is 5.69 Å². The van der Waals surface area contributed by atoms with Crippen molar-refractivity contribution in [3.05, 3.63) is 87.1 Å². The molecule has 0 bridgehead atoms. The van der Waals surface area contributed by atoms with Crippen LogP contribution in [0, 0.1) is 26.9 Å². The van der Waals surface area contributed by atoms with Crippen LogP contribution in [-0.2, 0) is 4.79 Å². The number of carbonyl (C=O) groups is 1. The Labute approximate surface area is 179 Å². The van der Waals surface area contributed by atoms with E-state index >= 15 is 0 Å². The van der Waals surface area contributed by atoms with Gasteiger partial charge in [-0.1, -0.05) is 26.0 Å². The van der Waals surface area contributed by atoms with E-state index in [2.05, 4.69) is 11.1 Å². The number of aromatic nitrogens is 1. The molecular weight excluding hydrogens is 394 g/mol. The molecule has 8 heteroatoms. The van der Waals surface area contributed by atoms with Gasteiger partial charge in [-0.25, -0.2) is 0 Å². The summed E-state index contributed by atoms with van der Waals surface area (Å²) in [5, 5.41) is 21.3. The fraction of sp³-hybridized carbons (Fsp3) is 0.261. The van der Waals surface area contributed by atoms with Crippen LogP contribution in [0.2, 0.25) is 0 Å². The Kier molecular flexibility index (Phi) is 4.82. The summed E-state index contributed by atoms with van der Waals surface area (Å²) in [6.07, 6.45) is 4.13. The summed E-state index contributed by atoms with van der Waals surface area (Å²) >= 11 is 0. The van der Waals surface area contributed by atoms with E-state index in [1.807, 2.05) is 19.9 Å². The second kappa shape index (κ2) is 7.36. The summed E-state index contributed by atoms with van der Waals surface area (Å²) < 4.78 is 0. The van der Waals surface area contributed by atoms with Crippen molar-refractivity contribution in [2.24, 2.45) is 11.1 Å². The molecule has 2 aliphatic rings. The van der Waals surface area contributed by atoms with Crippen LogP contribution >= 0.6 is 0 Å². The summed E-state index contributed by atoms with van der Waals surface area (Å²) in [6.45, 7) is 4.00. The first-order chi connectivity index (χ1) is 14.7. The zero-order chi connectivity index (χ0) is 22.3.